The molecule has 0 saturated carbocycles. The number of para-hydroxylation sites is 1. The zero-order valence-electron chi connectivity index (χ0n) is 13.9. The highest BCUT2D eigenvalue weighted by Crippen LogP contribution is 2.33. The second-order valence-corrected chi connectivity index (χ2v) is 6.82. The van der Waals surface area contributed by atoms with E-state index in [4.69, 9.17) is 0 Å². The van der Waals surface area contributed by atoms with Crippen LogP contribution in [-0.4, -0.2) is 21.2 Å². The summed E-state index contributed by atoms with van der Waals surface area (Å²) in [5, 5.41) is 13.8. The van der Waals surface area contributed by atoms with Gasteiger partial charge in [-0.25, -0.2) is 4.39 Å². The number of nitrogens with one attached hydrogen (secondary N) is 1. The van der Waals surface area contributed by atoms with Gasteiger partial charge in [0.05, 0.1) is 0 Å². The third-order valence-electron chi connectivity index (χ3n) is 5.10. The standard InChI is InChI=1S/C20H19FN2O2/c1-20(19(24)25)10-16-15-4-2-3-5-17(15)23(18(16)11-22-20)12-13-6-8-14(21)9-7-13/h2-9,22H,10-12H2,1H3,(H,24,25). The van der Waals surface area contributed by atoms with Gasteiger partial charge in [0.2, 0.25) is 0 Å². The number of aliphatic carboxylic acids is 1. The minimum atomic E-state index is -0.960. The Bertz CT molecular complexity index is 962. The lowest BCUT2D eigenvalue weighted by molar-refractivity contribution is -0.144. The Morgan fingerprint density at radius 2 is 1.96 bits per heavy atom. The molecule has 25 heavy (non-hydrogen) atoms. The number of carboxylic acids is 1. The van der Waals surface area contributed by atoms with Gasteiger partial charge in [-0.05, 0) is 36.2 Å². The van der Waals surface area contributed by atoms with Crippen LogP contribution in [0.2, 0.25) is 0 Å². The maximum atomic E-state index is 13.2. The van der Waals surface area contributed by atoms with Crippen molar-refractivity contribution in [2.45, 2.75) is 32.0 Å². The van der Waals surface area contributed by atoms with Crippen LogP contribution >= 0.6 is 0 Å². The summed E-state index contributed by atoms with van der Waals surface area (Å²) in [6, 6.07) is 14.6. The molecular weight excluding hydrogens is 319 g/mol. The number of hydrogen-bond acceptors (Lipinski definition) is 2. The average Bonchev–Trinajstić information content (AvgIpc) is 2.90. The van der Waals surface area contributed by atoms with E-state index in [9.17, 15) is 14.3 Å². The van der Waals surface area contributed by atoms with E-state index in [1.54, 1.807) is 19.1 Å². The van der Waals surface area contributed by atoms with Gasteiger partial charge in [-0.2, -0.15) is 0 Å². The first-order valence-electron chi connectivity index (χ1n) is 8.30. The molecule has 4 rings (SSSR count). The third-order valence-corrected chi connectivity index (χ3v) is 5.10. The molecule has 0 aliphatic carbocycles. The van der Waals surface area contributed by atoms with Crippen molar-refractivity contribution < 1.29 is 14.3 Å². The first kappa shape index (κ1) is 15.8. The van der Waals surface area contributed by atoms with Crippen molar-refractivity contribution in [3.63, 3.8) is 0 Å². The zero-order chi connectivity index (χ0) is 17.6. The van der Waals surface area contributed by atoms with Gasteiger partial charge in [-0.3, -0.25) is 10.1 Å². The highest BCUT2D eigenvalue weighted by molar-refractivity contribution is 5.88. The molecule has 1 aliphatic heterocycles. The summed E-state index contributed by atoms with van der Waals surface area (Å²) < 4.78 is 15.4. The van der Waals surface area contributed by atoms with Gasteiger partial charge in [0.25, 0.3) is 0 Å². The molecule has 2 heterocycles. The molecule has 3 aromatic rings. The fourth-order valence-corrected chi connectivity index (χ4v) is 3.63. The Morgan fingerprint density at radius 3 is 2.68 bits per heavy atom. The molecule has 2 N–H and O–H groups in total. The van der Waals surface area contributed by atoms with Crippen molar-refractivity contribution in [3.8, 4) is 0 Å². The average molecular weight is 338 g/mol. The monoisotopic (exact) mass is 338 g/mol. The van der Waals surface area contributed by atoms with Crippen LogP contribution in [0.15, 0.2) is 48.5 Å². The molecule has 1 aliphatic rings. The maximum Gasteiger partial charge on any atom is 0.323 e. The molecule has 0 radical (unpaired) electrons. The smallest absolute Gasteiger partial charge is 0.323 e. The van der Waals surface area contributed by atoms with E-state index in [1.165, 1.54) is 12.1 Å². The van der Waals surface area contributed by atoms with Crippen LogP contribution in [0.25, 0.3) is 10.9 Å². The van der Waals surface area contributed by atoms with E-state index < -0.39 is 11.5 Å². The molecule has 0 spiro atoms. The van der Waals surface area contributed by atoms with Crippen molar-refractivity contribution in [1.82, 2.24) is 9.88 Å². The van der Waals surface area contributed by atoms with Crippen LogP contribution in [0.5, 0.6) is 0 Å². The second kappa shape index (κ2) is 5.70. The first-order chi connectivity index (χ1) is 12.0. The van der Waals surface area contributed by atoms with Gasteiger partial charge in [0.15, 0.2) is 0 Å². The number of carbonyl (C=O) groups is 1. The SMILES string of the molecule is CC1(C(=O)O)Cc2c(n(Cc3ccc(F)cc3)c3ccccc23)CN1. The fraction of sp³-hybridized carbons (Fsp3) is 0.250. The summed E-state index contributed by atoms with van der Waals surface area (Å²) in [5.41, 5.74) is 3.31. The number of benzene rings is 2. The summed E-state index contributed by atoms with van der Waals surface area (Å²) >= 11 is 0. The number of carboxylic acid groups (broad SMARTS) is 1. The van der Waals surface area contributed by atoms with E-state index in [2.05, 4.69) is 16.0 Å². The summed E-state index contributed by atoms with van der Waals surface area (Å²) in [6.07, 6.45) is 0.439. The molecule has 1 unspecified atom stereocenters. The lowest BCUT2D eigenvalue weighted by Gasteiger charge is -2.31. The zero-order valence-corrected chi connectivity index (χ0v) is 13.9. The predicted molar refractivity (Wildman–Crippen MR) is 94.0 cm³/mol. The summed E-state index contributed by atoms with van der Waals surface area (Å²) in [7, 11) is 0. The first-order valence-corrected chi connectivity index (χ1v) is 8.30. The molecule has 4 nitrogen and oxygen atoms in total. The lowest BCUT2D eigenvalue weighted by Crippen LogP contribution is -2.53. The van der Waals surface area contributed by atoms with Gasteiger partial charge < -0.3 is 9.67 Å². The Morgan fingerprint density at radius 1 is 1.24 bits per heavy atom. The van der Waals surface area contributed by atoms with Crippen molar-refractivity contribution in [1.29, 1.82) is 0 Å². The Kier molecular flexibility index (Phi) is 3.62. The molecule has 1 atom stereocenters. The minimum absolute atomic E-state index is 0.248. The number of rotatable bonds is 3. The minimum Gasteiger partial charge on any atom is -0.480 e. The van der Waals surface area contributed by atoms with Crippen molar-refractivity contribution in [2.24, 2.45) is 0 Å². The molecule has 2 aromatic carbocycles. The van der Waals surface area contributed by atoms with Crippen molar-refractivity contribution in [2.75, 3.05) is 0 Å². The van der Waals surface area contributed by atoms with Crippen LogP contribution in [0.1, 0.15) is 23.7 Å². The summed E-state index contributed by atoms with van der Waals surface area (Å²) in [4.78, 5) is 11.6. The quantitative estimate of drug-likeness (QED) is 0.770. The number of halogens is 1. The van der Waals surface area contributed by atoms with Crippen LogP contribution in [0, 0.1) is 5.82 Å². The Balaban J connectivity index is 1.83. The normalized spacial score (nSPS) is 19.8. The third kappa shape index (κ3) is 2.61. The number of nitrogens with zero attached hydrogens (tertiary/aromatic N) is 1. The van der Waals surface area contributed by atoms with Gasteiger partial charge in [0, 0.05) is 36.1 Å². The molecule has 1 aromatic heterocycles. The molecule has 0 saturated heterocycles. The van der Waals surface area contributed by atoms with Crippen molar-refractivity contribution >= 4 is 16.9 Å². The van der Waals surface area contributed by atoms with Crippen LogP contribution in [0.4, 0.5) is 4.39 Å². The highest BCUT2D eigenvalue weighted by Gasteiger charge is 2.38. The number of fused-ring (bicyclic) bond motifs is 3. The van der Waals surface area contributed by atoms with E-state index >= 15 is 0 Å². The van der Waals surface area contributed by atoms with Crippen LogP contribution in [-0.2, 0) is 24.3 Å². The van der Waals surface area contributed by atoms with E-state index in [0.29, 0.717) is 19.5 Å². The molecule has 0 bridgehead atoms. The number of hydrogen-bond donors (Lipinski definition) is 2. The Labute approximate surface area is 144 Å². The van der Waals surface area contributed by atoms with Gasteiger partial charge >= 0.3 is 5.97 Å². The topological polar surface area (TPSA) is 54.3 Å². The molecule has 0 fully saturated rings. The van der Waals surface area contributed by atoms with Gasteiger partial charge in [-0.1, -0.05) is 30.3 Å². The fourth-order valence-electron chi connectivity index (χ4n) is 3.63. The Hall–Kier alpha value is -2.66. The highest BCUT2D eigenvalue weighted by atomic mass is 19.1. The predicted octanol–water partition coefficient (Wildman–Crippen LogP) is 3.32. The summed E-state index contributed by atoms with van der Waals surface area (Å²) in [6.45, 7) is 2.85. The van der Waals surface area contributed by atoms with Crippen LogP contribution in [0.3, 0.4) is 0 Å². The molecule has 5 heteroatoms. The van der Waals surface area contributed by atoms with E-state index in [0.717, 1.165) is 27.7 Å². The largest absolute Gasteiger partial charge is 0.480 e. The van der Waals surface area contributed by atoms with E-state index in [1.807, 2.05) is 18.2 Å². The van der Waals surface area contributed by atoms with Gasteiger partial charge in [0.1, 0.15) is 11.4 Å². The molecule has 128 valence electrons. The number of aromatic nitrogens is 1. The second-order valence-electron chi connectivity index (χ2n) is 6.82. The lowest BCUT2D eigenvalue weighted by atomic mass is 9.88. The van der Waals surface area contributed by atoms with E-state index in [-0.39, 0.29) is 5.82 Å². The van der Waals surface area contributed by atoms with Crippen LogP contribution < -0.4 is 5.32 Å². The maximum absolute atomic E-state index is 13.2. The van der Waals surface area contributed by atoms with Crippen molar-refractivity contribution in [3.05, 3.63) is 71.2 Å². The van der Waals surface area contributed by atoms with Gasteiger partial charge in [-0.15, -0.1) is 0 Å². The molecule has 0 amide bonds. The molecular formula is C20H19FN2O2. The summed E-state index contributed by atoms with van der Waals surface area (Å²) in [5.74, 6) is -1.09.